The predicted octanol–water partition coefficient (Wildman–Crippen LogP) is 4.37. The molecule has 3 amide bonds. The van der Waals surface area contributed by atoms with Gasteiger partial charge in [0, 0.05) is 38.4 Å². The van der Waals surface area contributed by atoms with E-state index >= 15 is 0 Å². The predicted molar refractivity (Wildman–Crippen MR) is 150 cm³/mol. The molecular formula is C31H37N5O3. The summed E-state index contributed by atoms with van der Waals surface area (Å²) in [6, 6.07) is 19.5. The third-order valence-corrected chi connectivity index (χ3v) is 8.60. The first-order chi connectivity index (χ1) is 19.0. The maximum atomic E-state index is 13.5. The minimum atomic E-state index is -0.526. The highest BCUT2D eigenvalue weighted by Crippen LogP contribution is 2.33. The van der Waals surface area contributed by atoms with Crippen LogP contribution in [0, 0.1) is 5.92 Å². The quantitative estimate of drug-likeness (QED) is 0.499. The molecule has 2 N–H and O–H groups in total. The smallest absolute Gasteiger partial charge is 0.326 e. The number of hydrogen-bond acceptors (Lipinski definition) is 3. The minimum Gasteiger partial charge on any atom is -0.341 e. The van der Waals surface area contributed by atoms with Crippen molar-refractivity contribution in [2.24, 2.45) is 5.92 Å². The van der Waals surface area contributed by atoms with Gasteiger partial charge < -0.3 is 20.1 Å². The molecule has 8 nitrogen and oxygen atoms in total. The van der Waals surface area contributed by atoms with Crippen molar-refractivity contribution in [3.63, 3.8) is 0 Å². The number of rotatable bonds is 6. The zero-order chi connectivity index (χ0) is 26.8. The Kier molecular flexibility index (Phi) is 7.26. The van der Waals surface area contributed by atoms with Crippen molar-refractivity contribution in [3.05, 3.63) is 82.9 Å². The van der Waals surface area contributed by atoms with Crippen molar-refractivity contribution in [3.8, 4) is 11.3 Å². The number of imidazole rings is 1. The van der Waals surface area contributed by atoms with Crippen LogP contribution >= 0.6 is 0 Å². The summed E-state index contributed by atoms with van der Waals surface area (Å²) in [5, 5.41) is 3.11. The van der Waals surface area contributed by atoms with Crippen molar-refractivity contribution < 1.29 is 9.59 Å². The molecule has 8 heteroatoms. The fourth-order valence-corrected chi connectivity index (χ4v) is 6.12. The molecule has 1 aliphatic carbocycles. The number of carbonyl (C=O) groups excluding carboxylic acids is 2. The first-order valence-corrected chi connectivity index (χ1v) is 14.3. The lowest BCUT2D eigenvalue weighted by Gasteiger charge is -2.34. The number of H-pyrrole nitrogens is 1. The Hall–Kier alpha value is -3.81. The number of hydrogen-bond donors (Lipinski definition) is 2. The summed E-state index contributed by atoms with van der Waals surface area (Å²) in [6.07, 6.45) is 7.19. The third kappa shape index (κ3) is 5.79. The number of likely N-dealkylation sites (tertiary alicyclic amines) is 2. The summed E-state index contributed by atoms with van der Waals surface area (Å²) in [7, 11) is 0. The van der Waals surface area contributed by atoms with Crippen molar-refractivity contribution >= 4 is 11.9 Å². The molecule has 0 radical (unpaired) electrons. The van der Waals surface area contributed by atoms with Crippen LogP contribution in [-0.4, -0.2) is 63.5 Å². The molecule has 39 heavy (non-hydrogen) atoms. The van der Waals surface area contributed by atoms with Crippen LogP contribution in [-0.2, 0) is 4.79 Å². The molecule has 0 bridgehead atoms. The van der Waals surface area contributed by atoms with Crippen LogP contribution in [0.15, 0.2) is 71.7 Å². The van der Waals surface area contributed by atoms with E-state index in [1.165, 1.54) is 18.4 Å². The van der Waals surface area contributed by atoms with E-state index in [-0.39, 0.29) is 29.6 Å². The summed E-state index contributed by atoms with van der Waals surface area (Å²) < 4.78 is 1.77. The van der Waals surface area contributed by atoms with Crippen LogP contribution in [0.3, 0.4) is 0 Å². The van der Waals surface area contributed by atoms with Crippen LogP contribution in [0.25, 0.3) is 11.3 Å². The van der Waals surface area contributed by atoms with E-state index in [1.54, 1.807) is 9.47 Å². The number of nitrogens with zero attached hydrogens (tertiary/aromatic N) is 3. The number of carbonyl (C=O) groups is 2. The second-order valence-electron chi connectivity index (χ2n) is 11.3. The molecule has 6 rings (SSSR count). The molecule has 3 fully saturated rings. The summed E-state index contributed by atoms with van der Waals surface area (Å²) >= 11 is 0. The molecule has 2 aromatic carbocycles. The Morgan fingerprint density at radius 2 is 1.56 bits per heavy atom. The van der Waals surface area contributed by atoms with Crippen LogP contribution in [0.4, 0.5) is 4.79 Å². The van der Waals surface area contributed by atoms with Crippen molar-refractivity contribution in [1.29, 1.82) is 0 Å². The van der Waals surface area contributed by atoms with Gasteiger partial charge in [0.25, 0.3) is 0 Å². The van der Waals surface area contributed by atoms with Gasteiger partial charge in [-0.25, -0.2) is 9.59 Å². The fourth-order valence-electron chi connectivity index (χ4n) is 6.12. The number of benzene rings is 2. The van der Waals surface area contributed by atoms with E-state index in [9.17, 15) is 14.4 Å². The Labute approximate surface area is 229 Å². The van der Waals surface area contributed by atoms with Crippen molar-refractivity contribution in [1.82, 2.24) is 24.7 Å². The van der Waals surface area contributed by atoms with E-state index in [0.717, 1.165) is 30.8 Å². The van der Waals surface area contributed by atoms with Gasteiger partial charge in [0.2, 0.25) is 5.91 Å². The van der Waals surface area contributed by atoms with E-state index in [2.05, 4.69) is 22.4 Å². The summed E-state index contributed by atoms with van der Waals surface area (Å²) in [5.74, 6) is 0.891. The van der Waals surface area contributed by atoms with E-state index < -0.39 is 6.04 Å². The number of aromatic amines is 1. The van der Waals surface area contributed by atoms with Crippen LogP contribution in [0.2, 0.25) is 0 Å². The second-order valence-corrected chi connectivity index (χ2v) is 11.3. The first-order valence-electron chi connectivity index (χ1n) is 14.3. The fraction of sp³-hybridized carbons (Fsp3) is 0.452. The first kappa shape index (κ1) is 25.5. The number of urea groups is 1. The van der Waals surface area contributed by atoms with Crippen LogP contribution < -0.4 is 11.0 Å². The molecule has 1 aromatic heterocycles. The van der Waals surface area contributed by atoms with Gasteiger partial charge in [-0.1, -0.05) is 60.7 Å². The molecule has 3 aliphatic rings. The highest BCUT2D eigenvalue weighted by atomic mass is 16.2. The Morgan fingerprint density at radius 3 is 2.26 bits per heavy atom. The van der Waals surface area contributed by atoms with Gasteiger partial charge in [-0.2, -0.15) is 0 Å². The van der Waals surface area contributed by atoms with Gasteiger partial charge in [-0.3, -0.25) is 9.36 Å². The Bertz CT molecular complexity index is 1340. The molecular weight excluding hydrogens is 490 g/mol. The zero-order valence-corrected chi connectivity index (χ0v) is 22.3. The number of aromatic nitrogens is 2. The number of nitrogens with one attached hydrogen (secondary N) is 2. The standard InChI is InChI=1S/C31H37N5O3/c37-29-27(19-25(23-7-3-1-4-8-23)13-16-35(29)20-22-11-12-22)32-30(38)34-17-14-26(15-18-34)36-21-28(33-31(36)39)24-9-5-2-6-10-24/h1-10,21-22,25-27H,11-20H2,(H,32,38)(H,33,39)/t25-,27+/m0/s1. The Morgan fingerprint density at radius 1 is 0.872 bits per heavy atom. The average Bonchev–Trinajstić information content (AvgIpc) is 3.74. The topological polar surface area (TPSA) is 90.4 Å². The highest BCUT2D eigenvalue weighted by molar-refractivity contribution is 5.87. The van der Waals surface area contributed by atoms with Crippen molar-refractivity contribution in [2.75, 3.05) is 26.2 Å². The van der Waals surface area contributed by atoms with E-state index in [4.69, 9.17) is 0 Å². The third-order valence-electron chi connectivity index (χ3n) is 8.60. The van der Waals surface area contributed by atoms with E-state index in [1.807, 2.05) is 59.6 Å². The maximum absolute atomic E-state index is 13.5. The molecule has 3 heterocycles. The van der Waals surface area contributed by atoms with Gasteiger partial charge in [0.1, 0.15) is 6.04 Å². The minimum absolute atomic E-state index is 0.0336. The molecule has 0 unspecified atom stereocenters. The summed E-state index contributed by atoms with van der Waals surface area (Å²) in [6.45, 7) is 2.63. The zero-order valence-electron chi connectivity index (χ0n) is 22.3. The molecule has 2 atom stereocenters. The molecule has 204 valence electrons. The average molecular weight is 528 g/mol. The lowest BCUT2D eigenvalue weighted by molar-refractivity contribution is -0.133. The summed E-state index contributed by atoms with van der Waals surface area (Å²) in [5.41, 5.74) is 2.88. The van der Waals surface area contributed by atoms with Gasteiger partial charge in [-0.15, -0.1) is 0 Å². The lowest BCUT2D eigenvalue weighted by Crippen LogP contribution is -2.53. The second kappa shape index (κ2) is 11.1. The van der Waals surface area contributed by atoms with Gasteiger partial charge in [0.05, 0.1) is 5.69 Å². The monoisotopic (exact) mass is 527 g/mol. The van der Waals surface area contributed by atoms with E-state index in [0.29, 0.717) is 38.3 Å². The molecule has 0 spiro atoms. The van der Waals surface area contributed by atoms with Gasteiger partial charge in [-0.05, 0) is 61.5 Å². The summed E-state index contributed by atoms with van der Waals surface area (Å²) in [4.78, 5) is 46.4. The normalized spacial score (nSPS) is 22.5. The Balaban J connectivity index is 1.10. The largest absolute Gasteiger partial charge is 0.341 e. The molecule has 2 saturated heterocycles. The lowest BCUT2D eigenvalue weighted by atomic mass is 9.90. The van der Waals surface area contributed by atoms with Gasteiger partial charge >= 0.3 is 11.7 Å². The maximum Gasteiger partial charge on any atom is 0.326 e. The molecule has 1 saturated carbocycles. The number of amides is 3. The van der Waals surface area contributed by atoms with Crippen LogP contribution in [0.5, 0.6) is 0 Å². The molecule has 3 aromatic rings. The van der Waals surface area contributed by atoms with Crippen LogP contribution in [0.1, 0.15) is 56.0 Å². The van der Waals surface area contributed by atoms with Crippen molar-refractivity contribution in [2.45, 2.75) is 56.5 Å². The number of piperidine rings is 1. The molecule has 2 aliphatic heterocycles. The van der Waals surface area contributed by atoms with Gasteiger partial charge in [0.15, 0.2) is 0 Å². The SMILES string of the molecule is O=C(N[C@@H]1C[C@@H](c2ccccc2)CCN(CC2CC2)C1=O)N1CCC(n2cc(-c3ccccc3)[nH]c2=O)CC1. The highest BCUT2D eigenvalue weighted by Gasteiger charge is 2.37.